The third-order valence-corrected chi connectivity index (χ3v) is 3.42. The van der Waals surface area contributed by atoms with Gasteiger partial charge in [0.05, 0.1) is 0 Å². The van der Waals surface area contributed by atoms with Gasteiger partial charge in [-0.3, -0.25) is 0 Å². The molecule has 0 saturated heterocycles. The van der Waals surface area contributed by atoms with E-state index in [0.717, 1.165) is 0 Å². The molecule has 0 fully saturated rings. The standard InChI is InChI=1S/C19H16.H3N/c1-15-9-8-14-18(16-10-4-2-5-11-16)19(15)17-12-6-3-7-13-17;/h2-14H,1H3;1H3. The van der Waals surface area contributed by atoms with Crippen LogP contribution in [0.2, 0.25) is 0 Å². The van der Waals surface area contributed by atoms with Crippen LogP contribution in [0.3, 0.4) is 0 Å². The van der Waals surface area contributed by atoms with E-state index < -0.39 is 0 Å². The van der Waals surface area contributed by atoms with Crippen LogP contribution in [0.1, 0.15) is 5.56 Å². The van der Waals surface area contributed by atoms with Gasteiger partial charge in [0.25, 0.3) is 0 Å². The third-order valence-electron chi connectivity index (χ3n) is 3.42. The van der Waals surface area contributed by atoms with Gasteiger partial charge in [0, 0.05) is 0 Å². The Kier molecular flexibility index (Phi) is 4.34. The van der Waals surface area contributed by atoms with Crippen molar-refractivity contribution < 1.29 is 0 Å². The Morgan fingerprint density at radius 1 is 0.550 bits per heavy atom. The lowest BCUT2D eigenvalue weighted by molar-refractivity contribution is 1.45. The molecule has 3 N–H and O–H groups in total. The zero-order chi connectivity index (χ0) is 13.1. The van der Waals surface area contributed by atoms with E-state index in [2.05, 4.69) is 85.8 Å². The summed E-state index contributed by atoms with van der Waals surface area (Å²) in [4.78, 5) is 0. The highest BCUT2D eigenvalue weighted by Gasteiger charge is 2.09. The maximum atomic E-state index is 2.20. The summed E-state index contributed by atoms with van der Waals surface area (Å²) in [6, 6.07) is 27.7. The summed E-state index contributed by atoms with van der Waals surface area (Å²) in [6.07, 6.45) is 0. The van der Waals surface area contributed by atoms with Crippen molar-refractivity contribution >= 4 is 0 Å². The lowest BCUT2D eigenvalue weighted by Gasteiger charge is -2.13. The van der Waals surface area contributed by atoms with Crippen LogP contribution in [0.4, 0.5) is 0 Å². The van der Waals surface area contributed by atoms with Gasteiger partial charge in [0.2, 0.25) is 0 Å². The van der Waals surface area contributed by atoms with Crippen LogP contribution < -0.4 is 6.15 Å². The average molecular weight is 261 g/mol. The van der Waals surface area contributed by atoms with Gasteiger partial charge in [-0.05, 0) is 34.7 Å². The topological polar surface area (TPSA) is 35.0 Å². The van der Waals surface area contributed by atoms with Crippen molar-refractivity contribution in [3.05, 3.63) is 84.4 Å². The van der Waals surface area contributed by atoms with E-state index in [0.29, 0.717) is 0 Å². The summed E-state index contributed by atoms with van der Waals surface area (Å²) in [5.74, 6) is 0. The van der Waals surface area contributed by atoms with E-state index >= 15 is 0 Å². The lowest BCUT2D eigenvalue weighted by Crippen LogP contribution is -1.88. The van der Waals surface area contributed by atoms with Gasteiger partial charge in [-0.1, -0.05) is 78.9 Å². The predicted octanol–water partition coefficient (Wildman–Crippen LogP) is 5.49. The van der Waals surface area contributed by atoms with Crippen LogP contribution >= 0.6 is 0 Å². The van der Waals surface area contributed by atoms with Crippen LogP contribution in [-0.2, 0) is 0 Å². The first-order valence-corrected chi connectivity index (χ1v) is 6.57. The second-order valence-corrected chi connectivity index (χ2v) is 4.73. The van der Waals surface area contributed by atoms with Gasteiger partial charge >= 0.3 is 0 Å². The zero-order valence-electron chi connectivity index (χ0n) is 11.7. The maximum Gasteiger partial charge on any atom is -0.00761 e. The molecule has 0 unspecified atom stereocenters. The molecule has 1 nitrogen and oxygen atoms in total. The van der Waals surface area contributed by atoms with Crippen molar-refractivity contribution in [1.82, 2.24) is 6.15 Å². The summed E-state index contributed by atoms with van der Waals surface area (Å²) >= 11 is 0. The van der Waals surface area contributed by atoms with Crippen molar-refractivity contribution in [1.29, 1.82) is 0 Å². The molecule has 0 spiro atoms. The minimum Gasteiger partial charge on any atom is -0.344 e. The molecule has 20 heavy (non-hydrogen) atoms. The van der Waals surface area contributed by atoms with E-state index in [1.54, 1.807) is 0 Å². The number of aryl methyl sites for hydroxylation is 1. The first-order chi connectivity index (χ1) is 9.36. The fourth-order valence-corrected chi connectivity index (χ4v) is 2.51. The summed E-state index contributed by atoms with van der Waals surface area (Å²) in [5.41, 5.74) is 6.48. The monoisotopic (exact) mass is 261 g/mol. The smallest absolute Gasteiger partial charge is 0.00761 e. The molecule has 0 aromatic heterocycles. The average Bonchev–Trinajstić information content (AvgIpc) is 2.49. The van der Waals surface area contributed by atoms with E-state index in [9.17, 15) is 0 Å². The molecule has 0 aliphatic rings. The molecule has 1 heteroatoms. The molecule has 0 aliphatic carbocycles. The second-order valence-electron chi connectivity index (χ2n) is 4.73. The quantitative estimate of drug-likeness (QED) is 0.650. The van der Waals surface area contributed by atoms with Crippen LogP contribution in [0.5, 0.6) is 0 Å². The Morgan fingerprint density at radius 3 is 1.70 bits per heavy atom. The maximum absolute atomic E-state index is 2.20. The van der Waals surface area contributed by atoms with E-state index in [1.807, 2.05) is 0 Å². The second kappa shape index (κ2) is 6.18. The van der Waals surface area contributed by atoms with E-state index in [4.69, 9.17) is 0 Å². The van der Waals surface area contributed by atoms with Gasteiger partial charge in [-0.2, -0.15) is 0 Å². The highest BCUT2D eigenvalue weighted by Crippen LogP contribution is 2.34. The Balaban J connectivity index is 0.00000147. The van der Waals surface area contributed by atoms with Crippen molar-refractivity contribution in [3.8, 4) is 22.3 Å². The van der Waals surface area contributed by atoms with Crippen molar-refractivity contribution in [3.63, 3.8) is 0 Å². The van der Waals surface area contributed by atoms with Crippen molar-refractivity contribution in [2.75, 3.05) is 0 Å². The highest BCUT2D eigenvalue weighted by atomic mass is 14.1. The van der Waals surface area contributed by atoms with Gasteiger partial charge < -0.3 is 6.15 Å². The lowest BCUT2D eigenvalue weighted by atomic mass is 9.91. The predicted molar refractivity (Wildman–Crippen MR) is 87.1 cm³/mol. The minimum atomic E-state index is 0. The van der Waals surface area contributed by atoms with Crippen molar-refractivity contribution in [2.45, 2.75) is 6.92 Å². The third kappa shape index (κ3) is 2.63. The van der Waals surface area contributed by atoms with E-state index in [-0.39, 0.29) is 6.15 Å². The molecular formula is C19H19N. The largest absolute Gasteiger partial charge is 0.344 e. The van der Waals surface area contributed by atoms with Gasteiger partial charge in [-0.25, -0.2) is 0 Å². The zero-order valence-corrected chi connectivity index (χ0v) is 11.7. The summed E-state index contributed by atoms with van der Waals surface area (Å²) in [6.45, 7) is 2.18. The van der Waals surface area contributed by atoms with Crippen LogP contribution in [-0.4, -0.2) is 0 Å². The Bertz CT molecular complexity index is 673. The molecule has 0 amide bonds. The van der Waals surface area contributed by atoms with Crippen LogP contribution in [0.15, 0.2) is 78.9 Å². The SMILES string of the molecule is Cc1cccc(-c2ccccc2)c1-c1ccccc1.N. The molecule has 0 bridgehead atoms. The first kappa shape index (κ1) is 14.0. The molecule has 0 saturated carbocycles. The summed E-state index contributed by atoms with van der Waals surface area (Å²) in [7, 11) is 0. The molecule has 100 valence electrons. The van der Waals surface area contributed by atoms with Gasteiger partial charge in [0.1, 0.15) is 0 Å². The Labute approximate surface area is 120 Å². The van der Waals surface area contributed by atoms with Gasteiger partial charge in [0.15, 0.2) is 0 Å². The fourth-order valence-electron chi connectivity index (χ4n) is 2.51. The van der Waals surface area contributed by atoms with Gasteiger partial charge in [-0.15, -0.1) is 0 Å². The molecular weight excluding hydrogens is 242 g/mol. The molecule has 0 heterocycles. The fraction of sp³-hybridized carbons (Fsp3) is 0.0526. The van der Waals surface area contributed by atoms with E-state index in [1.165, 1.54) is 27.8 Å². The molecule has 0 atom stereocenters. The number of hydrogen-bond donors (Lipinski definition) is 1. The number of hydrogen-bond acceptors (Lipinski definition) is 1. The molecule has 0 aliphatic heterocycles. The minimum absolute atomic E-state index is 0. The first-order valence-electron chi connectivity index (χ1n) is 6.57. The normalized spacial score (nSPS) is 9.85. The summed E-state index contributed by atoms with van der Waals surface area (Å²) in [5, 5.41) is 0. The molecule has 3 aromatic carbocycles. The molecule has 0 radical (unpaired) electrons. The number of benzene rings is 3. The van der Waals surface area contributed by atoms with Crippen LogP contribution in [0, 0.1) is 6.92 Å². The van der Waals surface area contributed by atoms with Crippen molar-refractivity contribution in [2.24, 2.45) is 0 Å². The Morgan fingerprint density at radius 2 is 1.10 bits per heavy atom. The number of rotatable bonds is 2. The van der Waals surface area contributed by atoms with Crippen LogP contribution in [0.25, 0.3) is 22.3 Å². The Hall–Kier alpha value is -2.38. The molecule has 3 rings (SSSR count). The summed E-state index contributed by atoms with van der Waals surface area (Å²) < 4.78 is 0. The molecule has 3 aromatic rings. The highest BCUT2D eigenvalue weighted by molar-refractivity contribution is 5.85.